The molecule has 0 unspecified atom stereocenters. The summed E-state index contributed by atoms with van der Waals surface area (Å²) in [4.78, 5) is 12.2. The lowest BCUT2D eigenvalue weighted by Gasteiger charge is -2.41. The Morgan fingerprint density at radius 1 is 1.29 bits per heavy atom. The lowest BCUT2D eigenvalue weighted by atomic mass is 9.77. The minimum atomic E-state index is -0.205. The fraction of sp³-hybridized carbons (Fsp3) is 0.611. The lowest BCUT2D eigenvalue weighted by molar-refractivity contribution is 0.0648. The average Bonchev–Trinajstić information content (AvgIpc) is 3.06. The summed E-state index contributed by atoms with van der Waals surface area (Å²) in [6.45, 7) is 1.96. The highest BCUT2D eigenvalue weighted by Crippen LogP contribution is 2.32. The van der Waals surface area contributed by atoms with Crippen molar-refractivity contribution < 1.29 is 19.0 Å². The van der Waals surface area contributed by atoms with E-state index in [0.29, 0.717) is 13.2 Å². The van der Waals surface area contributed by atoms with Crippen LogP contribution in [-0.4, -0.2) is 44.6 Å². The number of amides is 2. The molecule has 1 aromatic rings. The van der Waals surface area contributed by atoms with Crippen molar-refractivity contribution in [2.75, 3.05) is 32.2 Å². The second kappa shape index (κ2) is 7.85. The molecular formula is C18H26N2O4. The summed E-state index contributed by atoms with van der Waals surface area (Å²) in [5, 5.41) is 5.90. The fourth-order valence-electron chi connectivity index (χ4n) is 3.19. The molecule has 1 aliphatic heterocycles. The molecule has 0 bridgehead atoms. The van der Waals surface area contributed by atoms with Gasteiger partial charge in [-0.15, -0.1) is 0 Å². The van der Waals surface area contributed by atoms with Crippen molar-refractivity contribution >= 4 is 11.7 Å². The van der Waals surface area contributed by atoms with Crippen LogP contribution < -0.4 is 15.4 Å². The van der Waals surface area contributed by atoms with Crippen LogP contribution in [0.3, 0.4) is 0 Å². The van der Waals surface area contributed by atoms with Crippen LogP contribution in [0, 0.1) is 0 Å². The molecule has 2 amide bonds. The molecule has 3 rings (SSSR count). The molecule has 1 saturated heterocycles. The quantitative estimate of drug-likeness (QED) is 0.804. The number of benzene rings is 1. The Kier molecular flexibility index (Phi) is 5.58. The van der Waals surface area contributed by atoms with E-state index in [1.54, 1.807) is 7.11 Å². The number of rotatable bonds is 7. The summed E-state index contributed by atoms with van der Waals surface area (Å²) in [5.74, 6) is 0.784. The van der Waals surface area contributed by atoms with Gasteiger partial charge in [0.1, 0.15) is 12.4 Å². The van der Waals surface area contributed by atoms with E-state index in [0.717, 1.165) is 50.1 Å². The second-order valence-corrected chi connectivity index (χ2v) is 6.62. The number of methoxy groups -OCH3 is 1. The zero-order valence-electron chi connectivity index (χ0n) is 14.2. The number of urea groups is 1. The molecule has 6 nitrogen and oxygen atoms in total. The van der Waals surface area contributed by atoms with Gasteiger partial charge >= 0.3 is 6.03 Å². The van der Waals surface area contributed by atoms with Crippen LogP contribution in [0.25, 0.3) is 0 Å². The molecule has 2 aliphatic rings. The molecule has 1 aliphatic carbocycles. The third-order valence-electron chi connectivity index (χ3n) is 4.68. The predicted octanol–water partition coefficient (Wildman–Crippen LogP) is 2.94. The molecule has 1 aromatic carbocycles. The molecule has 0 radical (unpaired) electrons. The Hall–Kier alpha value is -1.79. The van der Waals surface area contributed by atoms with E-state index in [4.69, 9.17) is 14.2 Å². The monoisotopic (exact) mass is 334 g/mol. The average molecular weight is 334 g/mol. The van der Waals surface area contributed by atoms with Crippen LogP contribution in [-0.2, 0) is 9.47 Å². The number of carbonyl (C=O) groups excluding carboxylic acids is 1. The van der Waals surface area contributed by atoms with Crippen LogP contribution in [0.15, 0.2) is 24.3 Å². The summed E-state index contributed by atoms with van der Waals surface area (Å²) >= 11 is 0. The third-order valence-corrected chi connectivity index (χ3v) is 4.68. The fourth-order valence-corrected chi connectivity index (χ4v) is 3.19. The highest BCUT2D eigenvalue weighted by atomic mass is 16.5. The van der Waals surface area contributed by atoms with Crippen molar-refractivity contribution in [3.63, 3.8) is 0 Å². The highest BCUT2D eigenvalue weighted by Gasteiger charge is 2.38. The number of hydrogen-bond acceptors (Lipinski definition) is 4. The van der Waals surface area contributed by atoms with Gasteiger partial charge in [-0.2, -0.15) is 0 Å². The molecule has 0 spiro atoms. The van der Waals surface area contributed by atoms with Gasteiger partial charge in [0.15, 0.2) is 0 Å². The molecule has 1 heterocycles. The van der Waals surface area contributed by atoms with Gasteiger partial charge in [-0.05, 0) is 56.4 Å². The number of anilines is 1. The standard InChI is InChI=1S/C18H26N2O4/c1-22-13-18(9-3-10-18)20-17(21)19-14-5-7-15(8-6-14)24-12-16-4-2-11-23-16/h5-8,16H,2-4,9-13H2,1H3,(H2,19,20,21)/t16-/m0/s1. The minimum absolute atomic E-state index is 0.195. The molecule has 6 heteroatoms. The van der Waals surface area contributed by atoms with Gasteiger partial charge in [0.05, 0.1) is 18.2 Å². The normalized spacial score (nSPS) is 21.8. The van der Waals surface area contributed by atoms with Crippen molar-refractivity contribution in [2.45, 2.75) is 43.7 Å². The van der Waals surface area contributed by atoms with Gasteiger partial charge in [-0.3, -0.25) is 0 Å². The number of hydrogen-bond donors (Lipinski definition) is 2. The van der Waals surface area contributed by atoms with Crippen molar-refractivity contribution in [1.29, 1.82) is 0 Å². The van der Waals surface area contributed by atoms with E-state index in [-0.39, 0.29) is 17.7 Å². The van der Waals surface area contributed by atoms with Crippen molar-refractivity contribution in [3.8, 4) is 5.75 Å². The minimum Gasteiger partial charge on any atom is -0.491 e. The van der Waals surface area contributed by atoms with Crippen molar-refractivity contribution in [1.82, 2.24) is 5.32 Å². The van der Waals surface area contributed by atoms with Crippen LogP contribution in [0.5, 0.6) is 5.75 Å². The molecule has 2 N–H and O–H groups in total. The Balaban J connectivity index is 1.45. The van der Waals surface area contributed by atoms with Gasteiger partial charge in [0.25, 0.3) is 0 Å². The maximum atomic E-state index is 12.2. The van der Waals surface area contributed by atoms with Crippen LogP contribution in [0.4, 0.5) is 10.5 Å². The van der Waals surface area contributed by atoms with Crippen molar-refractivity contribution in [2.24, 2.45) is 0 Å². The first kappa shape index (κ1) is 17.0. The predicted molar refractivity (Wildman–Crippen MR) is 91.5 cm³/mol. The molecule has 24 heavy (non-hydrogen) atoms. The molecule has 1 saturated carbocycles. The van der Waals surface area contributed by atoms with Gasteiger partial charge in [0, 0.05) is 19.4 Å². The van der Waals surface area contributed by atoms with Crippen LogP contribution >= 0.6 is 0 Å². The zero-order chi connectivity index (χ0) is 16.8. The number of carbonyl (C=O) groups is 1. The van der Waals surface area contributed by atoms with Gasteiger partial charge in [-0.1, -0.05) is 0 Å². The lowest BCUT2D eigenvalue weighted by Crippen LogP contribution is -2.57. The Morgan fingerprint density at radius 2 is 2.08 bits per heavy atom. The van der Waals surface area contributed by atoms with Gasteiger partial charge in [0.2, 0.25) is 0 Å². The molecule has 132 valence electrons. The SMILES string of the molecule is COCC1(NC(=O)Nc2ccc(OC[C@@H]3CCCO3)cc2)CCC1. The zero-order valence-corrected chi connectivity index (χ0v) is 14.2. The van der Waals surface area contributed by atoms with Gasteiger partial charge < -0.3 is 24.8 Å². The smallest absolute Gasteiger partial charge is 0.319 e. The van der Waals surface area contributed by atoms with E-state index in [1.807, 2.05) is 24.3 Å². The summed E-state index contributed by atoms with van der Waals surface area (Å²) in [6.07, 6.45) is 5.42. The van der Waals surface area contributed by atoms with E-state index in [1.165, 1.54) is 0 Å². The largest absolute Gasteiger partial charge is 0.491 e. The van der Waals surface area contributed by atoms with Crippen LogP contribution in [0.2, 0.25) is 0 Å². The number of nitrogens with one attached hydrogen (secondary N) is 2. The molecule has 1 atom stereocenters. The summed E-state index contributed by atoms with van der Waals surface area (Å²) in [5.41, 5.74) is 0.534. The first-order chi connectivity index (χ1) is 11.7. The van der Waals surface area contributed by atoms with E-state index in [9.17, 15) is 4.79 Å². The Labute approximate surface area is 142 Å². The van der Waals surface area contributed by atoms with Crippen molar-refractivity contribution in [3.05, 3.63) is 24.3 Å². The molecule has 0 aromatic heterocycles. The van der Waals surface area contributed by atoms with E-state index in [2.05, 4.69) is 10.6 Å². The first-order valence-electron chi connectivity index (χ1n) is 8.62. The summed E-state index contributed by atoms with van der Waals surface area (Å²) < 4.78 is 16.5. The van der Waals surface area contributed by atoms with E-state index < -0.39 is 0 Å². The Bertz CT molecular complexity index is 536. The Morgan fingerprint density at radius 3 is 2.67 bits per heavy atom. The van der Waals surface area contributed by atoms with Crippen LogP contribution in [0.1, 0.15) is 32.1 Å². The maximum absolute atomic E-state index is 12.2. The molecule has 2 fully saturated rings. The topological polar surface area (TPSA) is 68.8 Å². The molecular weight excluding hydrogens is 308 g/mol. The van der Waals surface area contributed by atoms with E-state index >= 15 is 0 Å². The summed E-state index contributed by atoms with van der Waals surface area (Å²) in [7, 11) is 1.66. The second-order valence-electron chi connectivity index (χ2n) is 6.62. The summed E-state index contributed by atoms with van der Waals surface area (Å²) in [6, 6.07) is 7.21. The number of ether oxygens (including phenoxy) is 3. The highest BCUT2D eigenvalue weighted by molar-refractivity contribution is 5.89. The van der Waals surface area contributed by atoms with Gasteiger partial charge in [-0.25, -0.2) is 4.79 Å². The third kappa shape index (κ3) is 4.39. The first-order valence-corrected chi connectivity index (χ1v) is 8.62. The maximum Gasteiger partial charge on any atom is 0.319 e.